The third kappa shape index (κ3) is 4.85. The molecule has 0 radical (unpaired) electrons. The Morgan fingerprint density at radius 3 is 2.53 bits per heavy atom. The predicted octanol–water partition coefficient (Wildman–Crippen LogP) is 6.26. The van der Waals surface area contributed by atoms with Crippen molar-refractivity contribution >= 4 is 45.2 Å². The largest absolute Gasteiger partial charge is 0.441 e. The Bertz CT molecular complexity index is 2060. The van der Waals surface area contributed by atoms with E-state index < -0.39 is 0 Å². The minimum Gasteiger partial charge on any atom is -0.441 e. The van der Waals surface area contributed by atoms with Crippen LogP contribution in [-0.4, -0.2) is 48.8 Å². The second-order valence-electron chi connectivity index (χ2n) is 10.9. The van der Waals surface area contributed by atoms with Crippen LogP contribution in [0.25, 0.3) is 33.4 Å². The molecule has 1 saturated heterocycles. The number of fused-ring (bicyclic) bond motifs is 2. The maximum Gasteiger partial charge on any atom is 0.326 e. The highest BCUT2D eigenvalue weighted by atomic mass is 35.5. The Kier molecular flexibility index (Phi) is 6.74. The first kappa shape index (κ1) is 27.0. The molecule has 3 aromatic carbocycles. The number of imidazole rings is 1. The van der Waals surface area contributed by atoms with E-state index in [9.17, 15) is 14.4 Å². The van der Waals surface area contributed by atoms with Gasteiger partial charge >= 0.3 is 5.69 Å². The van der Waals surface area contributed by atoms with Crippen molar-refractivity contribution in [3.8, 4) is 11.5 Å². The van der Waals surface area contributed by atoms with Gasteiger partial charge in [-0.15, -0.1) is 0 Å². The van der Waals surface area contributed by atoms with Crippen LogP contribution in [0.4, 0.5) is 0 Å². The topological polar surface area (TPSA) is 106 Å². The molecule has 0 unspecified atom stereocenters. The Balaban J connectivity index is 1.13. The molecule has 4 heterocycles. The number of para-hydroxylation sites is 2. The molecule has 1 amide bonds. The van der Waals surface area contributed by atoms with Crippen molar-refractivity contribution in [2.45, 2.75) is 32.4 Å². The van der Waals surface area contributed by atoms with Gasteiger partial charge < -0.3 is 18.9 Å². The first-order valence-corrected chi connectivity index (χ1v) is 14.6. The molecule has 1 fully saturated rings. The van der Waals surface area contributed by atoms with Crippen molar-refractivity contribution in [1.82, 2.24) is 24.0 Å². The number of benzene rings is 3. The van der Waals surface area contributed by atoms with Crippen molar-refractivity contribution < 1.29 is 14.0 Å². The summed E-state index contributed by atoms with van der Waals surface area (Å²) in [4.78, 5) is 49.2. The quantitative estimate of drug-likeness (QED) is 0.229. The maximum absolute atomic E-state index is 13.8. The SMILES string of the molecule is Cc1oc(-c2ccccc2)nc1C(=O)Cn1cc(C(=O)N2CCC(n3c(=O)[nH]c4ccccc43)CC2)c2ccc(Cl)cc21. The lowest BCUT2D eigenvalue weighted by atomic mass is 10.0. The average Bonchev–Trinajstić information content (AvgIpc) is 3.69. The molecule has 0 aliphatic carbocycles. The number of aromatic nitrogens is 4. The summed E-state index contributed by atoms with van der Waals surface area (Å²) in [6.07, 6.45) is 3.04. The molecular weight excluding hydrogens is 566 g/mol. The number of halogens is 1. The number of hydrogen-bond donors (Lipinski definition) is 1. The minimum atomic E-state index is -0.232. The summed E-state index contributed by atoms with van der Waals surface area (Å²) in [6.45, 7) is 2.71. The number of H-pyrrole nitrogens is 1. The van der Waals surface area contributed by atoms with E-state index in [0.717, 1.165) is 22.0 Å². The van der Waals surface area contributed by atoms with Gasteiger partial charge in [-0.2, -0.15) is 0 Å². The zero-order valence-electron chi connectivity index (χ0n) is 23.4. The molecule has 0 spiro atoms. The summed E-state index contributed by atoms with van der Waals surface area (Å²) in [5.74, 6) is 0.472. The number of piperidine rings is 1. The van der Waals surface area contributed by atoms with E-state index in [0.29, 0.717) is 53.7 Å². The number of aryl methyl sites for hydroxylation is 1. The van der Waals surface area contributed by atoms with Crippen molar-refractivity contribution in [2.75, 3.05) is 13.1 Å². The number of nitrogens with one attached hydrogen (secondary N) is 1. The molecule has 0 saturated carbocycles. The lowest BCUT2D eigenvalue weighted by Gasteiger charge is -2.32. The smallest absolute Gasteiger partial charge is 0.326 e. The third-order valence-electron chi connectivity index (χ3n) is 8.21. The molecule has 1 aliphatic rings. The van der Waals surface area contributed by atoms with Crippen LogP contribution >= 0.6 is 11.6 Å². The lowest BCUT2D eigenvalue weighted by molar-refractivity contribution is 0.0696. The van der Waals surface area contributed by atoms with Crippen molar-refractivity contribution in [3.63, 3.8) is 0 Å². The van der Waals surface area contributed by atoms with Gasteiger partial charge in [0.25, 0.3) is 5.91 Å². The van der Waals surface area contributed by atoms with Crippen LogP contribution in [0.3, 0.4) is 0 Å². The van der Waals surface area contributed by atoms with Crippen LogP contribution < -0.4 is 5.69 Å². The van der Waals surface area contributed by atoms with Gasteiger partial charge in [-0.05, 0) is 56.2 Å². The second-order valence-corrected chi connectivity index (χ2v) is 11.3. The van der Waals surface area contributed by atoms with Crippen molar-refractivity contribution in [2.24, 2.45) is 0 Å². The number of aromatic amines is 1. The van der Waals surface area contributed by atoms with Crippen molar-refractivity contribution in [1.29, 1.82) is 0 Å². The summed E-state index contributed by atoms with van der Waals surface area (Å²) in [6, 6.07) is 22.4. The van der Waals surface area contributed by atoms with Gasteiger partial charge in [0.1, 0.15) is 11.5 Å². The molecule has 9 nitrogen and oxygen atoms in total. The van der Waals surface area contributed by atoms with E-state index in [1.165, 1.54) is 0 Å². The summed E-state index contributed by atoms with van der Waals surface area (Å²) >= 11 is 6.35. The van der Waals surface area contributed by atoms with E-state index in [4.69, 9.17) is 16.0 Å². The second kappa shape index (κ2) is 10.7. The number of likely N-dealkylation sites (tertiary alicyclic amines) is 1. The number of Topliss-reactive ketones (excluding diaryl/α,β-unsaturated/α-hetero) is 1. The van der Waals surface area contributed by atoms with Gasteiger partial charge in [0.15, 0.2) is 0 Å². The molecule has 6 aromatic rings. The van der Waals surface area contributed by atoms with Gasteiger partial charge in [0.05, 0.1) is 28.7 Å². The third-order valence-corrected chi connectivity index (χ3v) is 8.45. The van der Waals surface area contributed by atoms with Crippen LogP contribution in [0.2, 0.25) is 5.02 Å². The number of amides is 1. The van der Waals surface area contributed by atoms with Crippen LogP contribution in [0.15, 0.2) is 88.2 Å². The van der Waals surface area contributed by atoms with Gasteiger partial charge in [0.2, 0.25) is 11.7 Å². The minimum absolute atomic E-state index is 0.00283. The average molecular weight is 594 g/mol. The Morgan fingerprint density at radius 2 is 1.74 bits per heavy atom. The van der Waals surface area contributed by atoms with Gasteiger partial charge in [0, 0.05) is 41.3 Å². The molecule has 7 rings (SSSR count). The predicted molar refractivity (Wildman–Crippen MR) is 165 cm³/mol. The highest BCUT2D eigenvalue weighted by Gasteiger charge is 2.29. The number of oxazole rings is 1. The molecule has 10 heteroatoms. The highest BCUT2D eigenvalue weighted by Crippen LogP contribution is 2.30. The molecule has 0 atom stereocenters. The fourth-order valence-corrected chi connectivity index (χ4v) is 6.26. The molecular formula is C33H28ClN5O4. The fourth-order valence-electron chi connectivity index (χ4n) is 6.09. The molecule has 43 heavy (non-hydrogen) atoms. The number of hydrogen-bond acceptors (Lipinski definition) is 5. The monoisotopic (exact) mass is 593 g/mol. The van der Waals surface area contributed by atoms with Crippen LogP contribution in [0, 0.1) is 6.92 Å². The number of ketones is 1. The maximum atomic E-state index is 13.8. The fraction of sp³-hybridized carbons (Fsp3) is 0.212. The zero-order chi connectivity index (χ0) is 29.7. The van der Waals surface area contributed by atoms with E-state index in [2.05, 4.69) is 9.97 Å². The normalized spacial score (nSPS) is 14.1. The molecule has 3 aromatic heterocycles. The zero-order valence-corrected chi connectivity index (χ0v) is 24.2. The number of rotatable bonds is 6. The van der Waals surface area contributed by atoms with E-state index in [1.54, 1.807) is 29.8 Å². The van der Waals surface area contributed by atoms with Crippen molar-refractivity contribution in [3.05, 3.63) is 112 Å². The molecule has 216 valence electrons. The van der Waals surface area contributed by atoms with Crippen LogP contribution in [0.5, 0.6) is 0 Å². The Hall–Kier alpha value is -4.89. The summed E-state index contributed by atoms with van der Waals surface area (Å²) in [5.41, 5.74) is 3.79. The molecule has 1 aliphatic heterocycles. The van der Waals surface area contributed by atoms with Gasteiger partial charge in [-0.25, -0.2) is 9.78 Å². The Morgan fingerprint density at radius 1 is 1.00 bits per heavy atom. The number of carbonyl (C=O) groups is 2. The summed E-state index contributed by atoms with van der Waals surface area (Å²) < 4.78 is 9.38. The lowest BCUT2D eigenvalue weighted by Crippen LogP contribution is -2.40. The number of carbonyl (C=O) groups excluding carboxylic acids is 2. The first-order chi connectivity index (χ1) is 20.9. The first-order valence-electron chi connectivity index (χ1n) is 14.2. The summed E-state index contributed by atoms with van der Waals surface area (Å²) in [5, 5.41) is 1.23. The van der Waals surface area contributed by atoms with Crippen LogP contribution in [-0.2, 0) is 6.54 Å². The molecule has 1 N–H and O–H groups in total. The molecule has 0 bridgehead atoms. The summed E-state index contributed by atoms with van der Waals surface area (Å²) in [7, 11) is 0. The van der Waals surface area contributed by atoms with E-state index in [1.807, 2.05) is 70.1 Å². The van der Waals surface area contributed by atoms with E-state index >= 15 is 0 Å². The highest BCUT2D eigenvalue weighted by molar-refractivity contribution is 6.31. The standard InChI is InChI=1S/C33H28ClN5O4/c1-20-30(36-31(43-20)21-7-3-2-4-8-21)29(40)19-38-18-25(24-12-11-22(34)17-28(24)38)32(41)37-15-13-23(14-16-37)39-27-10-6-5-9-26(27)35-33(39)42/h2-12,17-18,23H,13-16,19H2,1H3,(H,35,42). The Labute approximate surface area is 251 Å². The van der Waals surface area contributed by atoms with Gasteiger partial charge in [-0.3, -0.25) is 14.2 Å². The van der Waals surface area contributed by atoms with E-state index in [-0.39, 0.29) is 35.7 Å². The van der Waals surface area contributed by atoms with Gasteiger partial charge in [-0.1, -0.05) is 48.0 Å². The van der Waals surface area contributed by atoms with Crippen LogP contribution in [0.1, 0.15) is 45.5 Å². The number of nitrogens with zero attached hydrogens (tertiary/aromatic N) is 4.